The first-order valence-electron chi connectivity index (χ1n) is 7.50. The van der Waals surface area contributed by atoms with Crippen LogP contribution < -0.4 is 15.4 Å². The Labute approximate surface area is 121 Å². The fourth-order valence-electron chi connectivity index (χ4n) is 2.11. The van der Waals surface area contributed by atoms with Gasteiger partial charge < -0.3 is 15.4 Å². The number of aliphatic imine (C=N–C) groups is 1. The monoisotopic (exact) mass is 275 g/mol. The first-order valence-corrected chi connectivity index (χ1v) is 7.50. The summed E-state index contributed by atoms with van der Waals surface area (Å²) in [7, 11) is 0. The maximum Gasteiger partial charge on any atom is 0.191 e. The Balaban J connectivity index is 2.00. The Morgan fingerprint density at radius 1 is 1.35 bits per heavy atom. The Bertz CT molecular complexity index is 459. The normalized spacial score (nSPS) is 21.4. The molecule has 4 nitrogen and oxygen atoms in total. The predicted octanol–water partition coefficient (Wildman–Crippen LogP) is 2.55. The van der Waals surface area contributed by atoms with Gasteiger partial charge in [0.2, 0.25) is 0 Å². The summed E-state index contributed by atoms with van der Waals surface area (Å²) in [5.74, 6) is 2.58. The van der Waals surface area contributed by atoms with E-state index in [1.54, 1.807) is 0 Å². The van der Waals surface area contributed by atoms with Crippen molar-refractivity contribution in [3.8, 4) is 5.75 Å². The molecule has 1 saturated carbocycles. The lowest BCUT2D eigenvalue weighted by Crippen LogP contribution is -2.39. The quantitative estimate of drug-likeness (QED) is 0.619. The fourth-order valence-corrected chi connectivity index (χ4v) is 2.11. The molecule has 2 N–H and O–H groups in total. The van der Waals surface area contributed by atoms with Crippen molar-refractivity contribution in [2.45, 2.75) is 39.8 Å². The average molecular weight is 275 g/mol. The first kappa shape index (κ1) is 14.7. The lowest BCUT2D eigenvalue weighted by molar-refractivity contribution is 0.336. The van der Waals surface area contributed by atoms with E-state index >= 15 is 0 Å². The van der Waals surface area contributed by atoms with Crippen molar-refractivity contribution in [3.63, 3.8) is 0 Å². The van der Waals surface area contributed by atoms with Crippen LogP contribution in [0.25, 0.3) is 0 Å². The van der Waals surface area contributed by atoms with Crippen molar-refractivity contribution in [1.29, 1.82) is 0 Å². The van der Waals surface area contributed by atoms with E-state index in [1.807, 2.05) is 25.1 Å². The molecular weight excluding hydrogens is 250 g/mol. The van der Waals surface area contributed by atoms with Crippen molar-refractivity contribution in [2.75, 3.05) is 13.2 Å². The van der Waals surface area contributed by atoms with Crippen molar-refractivity contribution in [3.05, 3.63) is 29.8 Å². The fraction of sp³-hybridized carbons (Fsp3) is 0.562. The van der Waals surface area contributed by atoms with E-state index in [4.69, 9.17) is 4.74 Å². The second-order valence-corrected chi connectivity index (χ2v) is 5.20. The third-order valence-electron chi connectivity index (χ3n) is 3.46. The molecule has 0 aromatic heterocycles. The minimum Gasteiger partial charge on any atom is -0.494 e. The Morgan fingerprint density at radius 2 is 2.10 bits per heavy atom. The summed E-state index contributed by atoms with van der Waals surface area (Å²) < 4.78 is 5.63. The van der Waals surface area contributed by atoms with Gasteiger partial charge in [-0.1, -0.05) is 25.1 Å². The van der Waals surface area contributed by atoms with E-state index in [-0.39, 0.29) is 0 Å². The van der Waals surface area contributed by atoms with Crippen molar-refractivity contribution < 1.29 is 4.74 Å². The lowest BCUT2D eigenvalue weighted by Gasteiger charge is -2.12. The third-order valence-corrected chi connectivity index (χ3v) is 3.46. The number of rotatable bonds is 6. The molecule has 0 saturated heterocycles. The molecular formula is C16H25N3O. The van der Waals surface area contributed by atoms with Gasteiger partial charge in [-0.05, 0) is 32.3 Å². The number of ether oxygens (including phenoxy) is 1. The number of para-hydroxylation sites is 1. The summed E-state index contributed by atoms with van der Waals surface area (Å²) in [6, 6.07) is 8.66. The SMILES string of the molecule is CCNC(=NCc1ccccc1OCC)NC1CC1C. The molecule has 2 unspecified atom stereocenters. The molecule has 4 heteroatoms. The smallest absolute Gasteiger partial charge is 0.191 e. The highest BCUT2D eigenvalue weighted by molar-refractivity contribution is 5.80. The van der Waals surface area contributed by atoms with Crippen molar-refractivity contribution in [1.82, 2.24) is 10.6 Å². The Morgan fingerprint density at radius 3 is 2.75 bits per heavy atom. The van der Waals surface area contributed by atoms with Gasteiger partial charge in [-0.3, -0.25) is 0 Å². The largest absolute Gasteiger partial charge is 0.494 e. The molecule has 1 fully saturated rings. The van der Waals surface area contributed by atoms with Gasteiger partial charge in [-0.2, -0.15) is 0 Å². The average Bonchev–Trinajstić information content (AvgIpc) is 3.13. The van der Waals surface area contributed by atoms with E-state index in [2.05, 4.69) is 35.5 Å². The van der Waals surface area contributed by atoms with E-state index in [1.165, 1.54) is 6.42 Å². The molecule has 1 aliphatic carbocycles. The Hall–Kier alpha value is -1.71. The Kier molecular flexibility index (Phi) is 5.27. The summed E-state index contributed by atoms with van der Waals surface area (Å²) in [5.41, 5.74) is 1.12. The van der Waals surface area contributed by atoms with Crippen LogP contribution in [0.15, 0.2) is 29.3 Å². The minimum atomic E-state index is 0.579. The second kappa shape index (κ2) is 7.17. The van der Waals surface area contributed by atoms with Crippen LogP contribution in [0.2, 0.25) is 0 Å². The number of benzene rings is 1. The molecule has 0 amide bonds. The highest BCUT2D eigenvalue weighted by Crippen LogP contribution is 2.28. The van der Waals surface area contributed by atoms with Crippen LogP contribution in [0.5, 0.6) is 5.75 Å². The van der Waals surface area contributed by atoms with Crippen LogP contribution in [0.1, 0.15) is 32.8 Å². The van der Waals surface area contributed by atoms with Crippen LogP contribution in [0.4, 0.5) is 0 Å². The van der Waals surface area contributed by atoms with Crippen LogP contribution in [-0.4, -0.2) is 25.2 Å². The number of nitrogens with zero attached hydrogens (tertiary/aromatic N) is 1. The topological polar surface area (TPSA) is 45.7 Å². The van der Waals surface area contributed by atoms with Crippen LogP contribution in [0.3, 0.4) is 0 Å². The predicted molar refractivity (Wildman–Crippen MR) is 83.1 cm³/mol. The molecule has 1 aromatic carbocycles. The molecule has 0 spiro atoms. The van der Waals surface area contributed by atoms with Gasteiger partial charge in [0.1, 0.15) is 5.75 Å². The van der Waals surface area contributed by atoms with Gasteiger partial charge in [0.25, 0.3) is 0 Å². The highest BCUT2D eigenvalue weighted by Gasteiger charge is 2.33. The van der Waals surface area contributed by atoms with E-state index < -0.39 is 0 Å². The lowest BCUT2D eigenvalue weighted by atomic mass is 10.2. The highest BCUT2D eigenvalue weighted by atomic mass is 16.5. The van der Waals surface area contributed by atoms with Crippen molar-refractivity contribution in [2.24, 2.45) is 10.9 Å². The van der Waals surface area contributed by atoms with Gasteiger partial charge in [-0.25, -0.2) is 4.99 Å². The molecule has 20 heavy (non-hydrogen) atoms. The van der Waals surface area contributed by atoms with Gasteiger partial charge in [0, 0.05) is 18.2 Å². The molecule has 110 valence electrons. The molecule has 0 heterocycles. The zero-order chi connectivity index (χ0) is 14.4. The summed E-state index contributed by atoms with van der Waals surface area (Å²) in [4.78, 5) is 4.66. The standard InChI is InChI=1S/C16H25N3O/c1-4-17-16(19-14-10-12(14)3)18-11-13-8-6-7-9-15(13)20-5-2/h6-9,12,14H,4-5,10-11H2,1-3H3,(H2,17,18,19). The van der Waals surface area contributed by atoms with Crippen molar-refractivity contribution >= 4 is 5.96 Å². The zero-order valence-corrected chi connectivity index (χ0v) is 12.6. The number of nitrogens with one attached hydrogen (secondary N) is 2. The van der Waals surface area contributed by atoms with Crippen LogP contribution in [0, 0.1) is 5.92 Å². The van der Waals surface area contributed by atoms with Gasteiger partial charge in [-0.15, -0.1) is 0 Å². The molecule has 0 bridgehead atoms. The summed E-state index contributed by atoms with van der Waals surface area (Å²) >= 11 is 0. The molecule has 2 atom stereocenters. The maximum absolute atomic E-state index is 5.63. The van der Waals surface area contributed by atoms with Crippen LogP contribution >= 0.6 is 0 Å². The summed E-state index contributed by atoms with van der Waals surface area (Å²) in [6.07, 6.45) is 1.24. The molecule has 1 aromatic rings. The molecule has 1 aliphatic rings. The number of hydrogen-bond acceptors (Lipinski definition) is 2. The maximum atomic E-state index is 5.63. The summed E-state index contributed by atoms with van der Waals surface area (Å²) in [6.45, 7) is 8.53. The molecule has 0 aliphatic heterocycles. The zero-order valence-electron chi connectivity index (χ0n) is 12.6. The number of hydrogen-bond donors (Lipinski definition) is 2. The minimum absolute atomic E-state index is 0.579. The van der Waals surface area contributed by atoms with Gasteiger partial charge in [0.15, 0.2) is 5.96 Å². The van der Waals surface area contributed by atoms with E-state index in [0.717, 1.165) is 29.7 Å². The van der Waals surface area contributed by atoms with E-state index in [9.17, 15) is 0 Å². The molecule has 2 rings (SSSR count). The van der Waals surface area contributed by atoms with Gasteiger partial charge >= 0.3 is 0 Å². The third kappa shape index (κ3) is 4.15. The van der Waals surface area contributed by atoms with Gasteiger partial charge in [0.05, 0.1) is 13.2 Å². The summed E-state index contributed by atoms with van der Waals surface area (Å²) in [5, 5.41) is 6.76. The first-order chi connectivity index (χ1) is 9.74. The number of guanidine groups is 1. The van der Waals surface area contributed by atoms with E-state index in [0.29, 0.717) is 19.2 Å². The van der Waals surface area contributed by atoms with Crippen LogP contribution in [-0.2, 0) is 6.54 Å². The second-order valence-electron chi connectivity index (χ2n) is 5.20. The molecule has 0 radical (unpaired) electrons.